The highest BCUT2D eigenvalue weighted by Crippen LogP contribution is 2.00. The minimum absolute atomic E-state index is 0.0807. The van der Waals surface area contributed by atoms with E-state index in [1.165, 1.54) is 0 Å². The van der Waals surface area contributed by atoms with Crippen LogP contribution in [0.4, 0.5) is 0 Å². The van der Waals surface area contributed by atoms with Crippen molar-refractivity contribution in [2.24, 2.45) is 0 Å². The summed E-state index contributed by atoms with van der Waals surface area (Å²) in [5.41, 5.74) is 0. The molecule has 0 radical (unpaired) electrons. The van der Waals surface area contributed by atoms with E-state index in [9.17, 15) is 4.79 Å². The maximum absolute atomic E-state index is 11.8. The summed E-state index contributed by atoms with van der Waals surface area (Å²) in [5, 5.41) is 8.44. The van der Waals surface area contributed by atoms with Crippen LogP contribution in [0.25, 0.3) is 0 Å². The molecule has 90 valence electrons. The van der Waals surface area contributed by atoms with Crippen LogP contribution >= 0.6 is 0 Å². The number of nitriles is 1. The summed E-state index contributed by atoms with van der Waals surface area (Å²) in [6, 6.07) is 2.04. The van der Waals surface area contributed by atoms with E-state index in [1.807, 2.05) is 6.07 Å². The van der Waals surface area contributed by atoms with Crippen LogP contribution in [-0.2, 0) is 9.53 Å². The van der Waals surface area contributed by atoms with Gasteiger partial charge in [0, 0.05) is 33.3 Å². The van der Waals surface area contributed by atoms with E-state index in [2.05, 4.69) is 4.90 Å². The van der Waals surface area contributed by atoms with Gasteiger partial charge in [-0.1, -0.05) is 0 Å². The molecular weight excluding hydrogens is 206 g/mol. The molecule has 0 bridgehead atoms. The lowest BCUT2D eigenvalue weighted by atomic mass is 10.3. The highest BCUT2D eigenvalue weighted by molar-refractivity contribution is 5.77. The molecule has 1 aliphatic heterocycles. The molecule has 0 aliphatic carbocycles. The zero-order chi connectivity index (χ0) is 11.8. The third-order valence-corrected chi connectivity index (χ3v) is 2.66. The van der Waals surface area contributed by atoms with E-state index >= 15 is 0 Å². The molecule has 0 aromatic rings. The number of hydrogen-bond donors (Lipinski definition) is 0. The fraction of sp³-hybridized carbons (Fsp3) is 0.818. The molecule has 16 heavy (non-hydrogen) atoms. The lowest BCUT2D eigenvalue weighted by Crippen LogP contribution is -2.39. The summed E-state index contributed by atoms with van der Waals surface area (Å²) in [4.78, 5) is 15.5. The Bertz CT molecular complexity index is 254. The quantitative estimate of drug-likeness (QED) is 0.680. The Morgan fingerprint density at radius 3 is 3.06 bits per heavy atom. The fourth-order valence-electron chi connectivity index (χ4n) is 1.61. The lowest BCUT2D eigenvalue weighted by Gasteiger charge is -2.22. The number of nitrogens with zero attached hydrogens (tertiary/aromatic N) is 3. The Kier molecular flexibility index (Phi) is 5.83. The zero-order valence-electron chi connectivity index (χ0n) is 9.81. The standard InChI is InChI=1S/C11H19N3O2/c1-13(5-2-4-12)11(15)10-14-6-3-8-16-9-7-14/h2-3,5-10H2,1H3. The Morgan fingerprint density at radius 1 is 1.50 bits per heavy atom. The van der Waals surface area contributed by atoms with Gasteiger partial charge in [-0.25, -0.2) is 0 Å². The number of ether oxygens (including phenoxy) is 1. The maximum atomic E-state index is 11.8. The van der Waals surface area contributed by atoms with Gasteiger partial charge in [-0.15, -0.1) is 0 Å². The zero-order valence-corrected chi connectivity index (χ0v) is 9.81. The highest BCUT2D eigenvalue weighted by atomic mass is 16.5. The minimum atomic E-state index is 0.0807. The summed E-state index contributed by atoms with van der Waals surface area (Å²) in [7, 11) is 1.74. The molecule has 5 heteroatoms. The van der Waals surface area contributed by atoms with Crippen molar-refractivity contribution in [1.29, 1.82) is 5.26 Å². The van der Waals surface area contributed by atoms with Crippen LogP contribution in [0.3, 0.4) is 0 Å². The van der Waals surface area contributed by atoms with Crippen LogP contribution < -0.4 is 0 Å². The average molecular weight is 225 g/mol. The number of hydrogen-bond acceptors (Lipinski definition) is 4. The molecule has 0 atom stereocenters. The first-order valence-electron chi connectivity index (χ1n) is 5.65. The first-order valence-corrected chi connectivity index (χ1v) is 5.65. The van der Waals surface area contributed by atoms with E-state index < -0.39 is 0 Å². The van der Waals surface area contributed by atoms with E-state index in [-0.39, 0.29) is 5.91 Å². The van der Waals surface area contributed by atoms with Crippen LogP contribution in [0.5, 0.6) is 0 Å². The Hall–Kier alpha value is -1.12. The van der Waals surface area contributed by atoms with Gasteiger partial charge in [0.25, 0.3) is 0 Å². The molecule has 0 saturated carbocycles. The van der Waals surface area contributed by atoms with Crippen molar-refractivity contribution in [3.8, 4) is 6.07 Å². The van der Waals surface area contributed by atoms with E-state index in [1.54, 1.807) is 11.9 Å². The first-order chi connectivity index (χ1) is 7.74. The summed E-state index contributed by atoms with van der Waals surface area (Å²) < 4.78 is 5.32. The molecule has 1 rings (SSSR count). The van der Waals surface area contributed by atoms with Crippen molar-refractivity contribution in [2.45, 2.75) is 12.8 Å². The second kappa shape index (κ2) is 7.20. The topological polar surface area (TPSA) is 56.6 Å². The monoisotopic (exact) mass is 225 g/mol. The Balaban J connectivity index is 2.28. The Morgan fingerprint density at radius 2 is 2.31 bits per heavy atom. The van der Waals surface area contributed by atoms with Crippen molar-refractivity contribution < 1.29 is 9.53 Å². The molecule has 0 N–H and O–H groups in total. The van der Waals surface area contributed by atoms with E-state index in [4.69, 9.17) is 10.00 Å². The molecular formula is C11H19N3O2. The predicted octanol–water partition coefficient (Wildman–Crippen LogP) is 0.0808. The minimum Gasteiger partial charge on any atom is -0.380 e. The Labute approximate surface area is 96.6 Å². The fourth-order valence-corrected chi connectivity index (χ4v) is 1.61. The largest absolute Gasteiger partial charge is 0.380 e. The van der Waals surface area contributed by atoms with Crippen LogP contribution in [0.2, 0.25) is 0 Å². The summed E-state index contributed by atoms with van der Waals surface area (Å²) in [5.74, 6) is 0.0807. The van der Waals surface area contributed by atoms with Gasteiger partial charge >= 0.3 is 0 Å². The third kappa shape index (κ3) is 4.60. The van der Waals surface area contributed by atoms with Crippen molar-refractivity contribution in [2.75, 3.05) is 46.4 Å². The van der Waals surface area contributed by atoms with Gasteiger partial charge in [0.05, 0.1) is 25.6 Å². The predicted molar refractivity (Wildman–Crippen MR) is 59.7 cm³/mol. The molecule has 0 aromatic carbocycles. The van der Waals surface area contributed by atoms with Crippen molar-refractivity contribution in [3.05, 3.63) is 0 Å². The van der Waals surface area contributed by atoms with E-state index in [0.29, 0.717) is 26.1 Å². The molecule has 1 amide bonds. The van der Waals surface area contributed by atoms with Crippen LogP contribution in [-0.4, -0.2) is 62.1 Å². The molecule has 0 aromatic heterocycles. The molecule has 1 aliphatic rings. The summed E-state index contributed by atoms with van der Waals surface area (Å²) in [6.07, 6.45) is 1.38. The van der Waals surface area contributed by atoms with E-state index in [0.717, 1.165) is 26.1 Å². The van der Waals surface area contributed by atoms with Crippen LogP contribution in [0.15, 0.2) is 0 Å². The van der Waals surface area contributed by atoms with Gasteiger partial charge in [-0.2, -0.15) is 5.26 Å². The number of rotatable bonds is 4. The van der Waals surface area contributed by atoms with Gasteiger partial charge in [-0.3, -0.25) is 9.69 Å². The number of carbonyl (C=O) groups is 1. The average Bonchev–Trinajstić information content (AvgIpc) is 2.54. The van der Waals surface area contributed by atoms with Gasteiger partial charge in [-0.05, 0) is 6.42 Å². The van der Waals surface area contributed by atoms with Crippen LogP contribution in [0.1, 0.15) is 12.8 Å². The molecule has 1 saturated heterocycles. The number of likely N-dealkylation sites (N-methyl/N-ethyl adjacent to an activating group) is 1. The van der Waals surface area contributed by atoms with Crippen LogP contribution in [0, 0.1) is 11.3 Å². The smallest absolute Gasteiger partial charge is 0.236 e. The van der Waals surface area contributed by atoms with Gasteiger partial charge < -0.3 is 9.64 Å². The molecule has 1 heterocycles. The van der Waals surface area contributed by atoms with Gasteiger partial charge in [0.2, 0.25) is 5.91 Å². The third-order valence-electron chi connectivity index (χ3n) is 2.66. The van der Waals surface area contributed by atoms with Crippen molar-refractivity contribution >= 4 is 5.91 Å². The second-order valence-electron chi connectivity index (χ2n) is 3.97. The van der Waals surface area contributed by atoms with Crippen molar-refractivity contribution in [3.63, 3.8) is 0 Å². The molecule has 0 unspecified atom stereocenters. The summed E-state index contributed by atoms with van der Waals surface area (Å²) >= 11 is 0. The number of amides is 1. The first kappa shape index (κ1) is 12.9. The second-order valence-corrected chi connectivity index (χ2v) is 3.97. The maximum Gasteiger partial charge on any atom is 0.236 e. The van der Waals surface area contributed by atoms with Gasteiger partial charge in [0.15, 0.2) is 0 Å². The van der Waals surface area contributed by atoms with Crippen molar-refractivity contribution in [1.82, 2.24) is 9.80 Å². The normalized spacial score (nSPS) is 17.5. The SMILES string of the molecule is CN(CCC#N)C(=O)CN1CCCOCC1. The lowest BCUT2D eigenvalue weighted by molar-refractivity contribution is -0.131. The van der Waals surface area contributed by atoms with Gasteiger partial charge in [0.1, 0.15) is 0 Å². The highest BCUT2D eigenvalue weighted by Gasteiger charge is 2.15. The number of carbonyl (C=O) groups excluding carboxylic acids is 1. The molecule has 1 fully saturated rings. The molecule has 0 spiro atoms. The molecule has 5 nitrogen and oxygen atoms in total. The summed E-state index contributed by atoms with van der Waals surface area (Å²) in [6.45, 7) is 4.17.